The number of nitrogens with one attached hydrogen (secondary N) is 2. The normalized spacial score (nSPS) is 18.6. The van der Waals surface area contributed by atoms with Gasteiger partial charge in [-0.1, -0.05) is 26.0 Å². The third-order valence-electron chi connectivity index (χ3n) is 9.36. The van der Waals surface area contributed by atoms with Crippen LogP contribution in [-0.4, -0.2) is 105 Å². The summed E-state index contributed by atoms with van der Waals surface area (Å²) in [4.78, 5) is 93.6. The highest BCUT2D eigenvalue weighted by Crippen LogP contribution is 2.39. The number of carboxylic acids is 1. The first kappa shape index (κ1) is 41.1. The molecule has 52 heavy (non-hydrogen) atoms. The summed E-state index contributed by atoms with van der Waals surface area (Å²) in [5.74, 6) is -5.89. The van der Waals surface area contributed by atoms with Gasteiger partial charge in [-0.25, -0.2) is 4.79 Å². The number of nitrogens with two attached hydrogens (primary N) is 1. The highest BCUT2D eigenvalue weighted by molar-refractivity contribution is 5.96. The molecule has 15 heteroatoms. The lowest BCUT2D eigenvalue weighted by Gasteiger charge is -2.30. The molecule has 2 aromatic carbocycles. The third-order valence-corrected chi connectivity index (χ3v) is 9.36. The Bertz CT molecular complexity index is 1690. The number of aliphatic carboxylic acids is 1. The summed E-state index contributed by atoms with van der Waals surface area (Å²) in [6, 6.07) is 4.00. The number of ketones is 2. The second-order valence-corrected chi connectivity index (χ2v) is 13.2. The summed E-state index contributed by atoms with van der Waals surface area (Å²) in [6.07, 6.45) is -0.182. The van der Waals surface area contributed by atoms with Gasteiger partial charge in [0.05, 0.1) is 6.04 Å². The third kappa shape index (κ3) is 10.1. The predicted octanol–water partition coefficient (Wildman–Crippen LogP) is 1.82. The molecule has 3 rings (SSSR count). The zero-order chi connectivity index (χ0) is 38.9. The molecule has 4 amide bonds. The Morgan fingerprint density at radius 2 is 1.60 bits per heavy atom. The van der Waals surface area contributed by atoms with E-state index >= 15 is 0 Å². The van der Waals surface area contributed by atoms with Crippen LogP contribution in [0.5, 0.6) is 11.5 Å². The fourth-order valence-corrected chi connectivity index (χ4v) is 6.14. The van der Waals surface area contributed by atoms with E-state index in [0.29, 0.717) is 24.9 Å². The van der Waals surface area contributed by atoms with Crippen molar-refractivity contribution in [3.05, 3.63) is 47.5 Å². The van der Waals surface area contributed by atoms with Crippen LogP contribution >= 0.6 is 0 Å². The lowest BCUT2D eigenvalue weighted by molar-refractivity contribution is -0.143. The van der Waals surface area contributed by atoms with Gasteiger partial charge in [0, 0.05) is 63.2 Å². The monoisotopic (exact) mass is 723 g/mol. The molecule has 0 saturated carbocycles. The van der Waals surface area contributed by atoms with Crippen LogP contribution in [0, 0.1) is 5.92 Å². The van der Waals surface area contributed by atoms with Crippen LogP contribution in [0.2, 0.25) is 0 Å². The van der Waals surface area contributed by atoms with E-state index in [1.54, 1.807) is 6.92 Å². The first-order valence-corrected chi connectivity index (χ1v) is 17.3. The summed E-state index contributed by atoms with van der Waals surface area (Å²) < 4.78 is 0. The fourth-order valence-electron chi connectivity index (χ4n) is 6.14. The smallest absolute Gasteiger partial charge is 0.326 e. The zero-order valence-corrected chi connectivity index (χ0v) is 30.2. The highest BCUT2D eigenvalue weighted by Gasteiger charge is 2.34. The lowest BCUT2D eigenvalue weighted by atomic mass is 9.89. The Balaban J connectivity index is 1.89. The van der Waals surface area contributed by atoms with E-state index in [1.165, 1.54) is 69.2 Å². The van der Waals surface area contributed by atoms with E-state index < -0.39 is 65.3 Å². The van der Waals surface area contributed by atoms with E-state index in [9.17, 15) is 48.9 Å². The Labute approximate surface area is 302 Å². The highest BCUT2D eigenvalue weighted by atomic mass is 16.4. The van der Waals surface area contributed by atoms with E-state index in [2.05, 4.69) is 10.6 Å². The second-order valence-electron chi connectivity index (χ2n) is 13.2. The number of rotatable bonds is 13. The van der Waals surface area contributed by atoms with Crippen molar-refractivity contribution in [2.24, 2.45) is 11.7 Å². The molecule has 0 unspecified atom stereocenters. The van der Waals surface area contributed by atoms with Gasteiger partial charge in [-0.2, -0.15) is 0 Å². The number of fused-ring (bicyclic) bond motifs is 5. The molecule has 0 aromatic heterocycles. The SMILES string of the molecule is CCC(=O)N(C)[C@H](CCCN)C(=O)N[C@H](C)C(=O)CCC(=O)N(C)[C@@H]1C(=O)C[C@@H](C)C(=O)N[C@H](C(=O)O)Cc2ccc(O)c(c2)-c2cc1ccc2O. The molecule has 1 aliphatic rings. The Morgan fingerprint density at radius 1 is 0.962 bits per heavy atom. The van der Waals surface area contributed by atoms with E-state index in [4.69, 9.17) is 5.73 Å². The van der Waals surface area contributed by atoms with Crippen molar-refractivity contribution in [2.45, 2.75) is 89.9 Å². The van der Waals surface area contributed by atoms with Crippen LogP contribution in [0.25, 0.3) is 11.1 Å². The van der Waals surface area contributed by atoms with E-state index in [1.807, 2.05) is 0 Å². The standard InChI is InChI=1S/C37H49N5O10/c1-6-32(47)41(4)27(8-7-15-38)36(50)39-21(3)28(43)13-14-33(48)42(5)34-23-10-12-30(45)25(19-23)24-17-22(9-11-29(24)44)18-26(37(51)52)40-35(49)20(2)16-31(34)46/h9-12,17,19-21,26-27,34,44-45H,6-8,13-16,18,38H2,1-5H3,(H,39,50)(H,40,49)(H,51,52)/t20-,21-,26+,27-,34+/m1/s1. The number of aromatic hydroxyl groups is 2. The number of amides is 4. The maximum Gasteiger partial charge on any atom is 0.326 e. The Hall–Kier alpha value is -5.31. The number of likely N-dealkylation sites (N-methyl/N-ethyl adjacent to an activating group) is 2. The van der Waals surface area contributed by atoms with Crippen LogP contribution in [0.3, 0.4) is 0 Å². The van der Waals surface area contributed by atoms with Gasteiger partial charge in [-0.15, -0.1) is 0 Å². The van der Waals surface area contributed by atoms with Crippen molar-refractivity contribution >= 4 is 41.2 Å². The maximum absolute atomic E-state index is 13.9. The minimum atomic E-state index is -1.35. The molecule has 282 valence electrons. The molecular weight excluding hydrogens is 674 g/mol. The lowest BCUT2D eigenvalue weighted by Crippen LogP contribution is -2.51. The topological polar surface area (TPSA) is 237 Å². The molecule has 5 atom stereocenters. The first-order chi connectivity index (χ1) is 24.5. The Kier molecular flexibility index (Phi) is 14.4. The zero-order valence-electron chi connectivity index (χ0n) is 30.2. The fraction of sp³-hybridized carbons (Fsp3) is 0.486. The van der Waals surface area contributed by atoms with Gasteiger partial charge in [-0.3, -0.25) is 28.8 Å². The molecule has 1 aliphatic heterocycles. The average molecular weight is 724 g/mol. The number of hydrogen-bond acceptors (Lipinski definition) is 10. The molecule has 15 nitrogen and oxygen atoms in total. The van der Waals surface area contributed by atoms with Gasteiger partial charge in [0.2, 0.25) is 23.6 Å². The molecule has 4 bridgehead atoms. The summed E-state index contributed by atoms with van der Waals surface area (Å²) in [5, 5.41) is 36.5. The van der Waals surface area contributed by atoms with Gasteiger partial charge in [0.25, 0.3) is 0 Å². The number of hydrogen-bond donors (Lipinski definition) is 6. The van der Waals surface area contributed by atoms with Crippen LogP contribution < -0.4 is 16.4 Å². The number of Topliss-reactive ketones (excluding diaryl/α,β-unsaturated/α-hetero) is 2. The van der Waals surface area contributed by atoms with E-state index in [-0.39, 0.29) is 66.2 Å². The van der Waals surface area contributed by atoms with Crippen molar-refractivity contribution in [3.8, 4) is 22.6 Å². The van der Waals surface area contributed by atoms with Gasteiger partial charge < -0.3 is 41.5 Å². The molecule has 0 spiro atoms. The summed E-state index contributed by atoms with van der Waals surface area (Å²) in [7, 11) is 2.87. The number of carbonyl (C=O) groups excluding carboxylic acids is 6. The largest absolute Gasteiger partial charge is 0.507 e. The molecule has 0 saturated heterocycles. The molecule has 1 heterocycles. The van der Waals surface area contributed by atoms with Crippen LogP contribution in [0.1, 0.15) is 76.5 Å². The second kappa shape index (κ2) is 18.3. The van der Waals surface area contributed by atoms with Gasteiger partial charge in [0.15, 0.2) is 11.6 Å². The first-order valence-electron chi connectivity index (χ1n) is 17.3. The number of phenolic OH excluding ortho intramolecular Hbond substituents is 2. The minimum Gasteiger partial charge on any atom is -0.507 e. The molecule has 2 aromatic rings. The molecule has 0 radical (unpaired) electrons. The number of phenols is 2. The molecule has 0 fully saturated rings. The van der Waals surface area contributed by atoms with Crippen molar-refractivity contribution in [3.63, 3.8) is 0 Å². The predicted molar refractivity (Wildman–Crippen MR) is 190 cm³/mol. The van der Waals surface area contributed by atoms with Crippen molar-refractivity contribution in [1.82, 2.24) is 20.4 Å². The molecule has 0 aliphatic carbocycles. The van der Waals surface area contributed by atoms with Crippen LogP contribution in [0.4, 0.5) is 0 Å². The maximum atomic E-state index is 13.9. The summed E-state index contributed by atoms with van der Waals surface area (Å²) >= 11 is 0. The Morgan fingerprint density at radius 3 is 2.21 bits per heavy atom. The summed E-state index contributed by atoms with van der Waals surface area (Å²) in [6.45, 7) is 4.92. The number of nitrogens with zero attached hydrogens (tertiary/aromatic N) is 2. The van der Waals surface area contributed by atoms with Crippen molar-refractivity contribution < 1.29 is 48.9 Å². The summed E-state index contributed by atoms with van der Waals surface area (Å²) in [5.41, 5.74) is 6.56. The minimum absolute atomic E-state index is 0.118. The van der Waals surface area contributed by atoms with E-state index in [0.717, 1.165) is 4.90 Å². The van der Waals surface area contributed by atoms with Gasteiger partial charge in [0.1, 0.15) is 29.6 Å². The van der Waals surface area contributed by atoms with Crippen LogP contribution in [0.15, 0.2) is 36.4 Å². The molecular formula is C37H49N5O10. The van der Waals surface area contributed by atoms with Crippen molar-refractivity contribution in [1.29, 1.82) is 0 Å². The van der Waals surface area contributed by atoms with Gasteiger partial charge >= 0.3 is 5.97 Å². The van der Waals surface area contributed by atoms with Crippen molar-refractivity contribution in [2.75, 3.05) is 20.6 Å². The number of benzene rings is 2. The average Bonchev–Trinajstić information content (AvgIpc) is 3.10. The number of carboxylic acid groups (broad SMARTS) is 1. The van der Waals surface area contributed by atoms with Gasteiger partial charge in [-0.05, 0) is 61.7 Å². The quantitative estimate of drug-likeness (QED) is 0.174. The molecule has 7 N–H and O–H groups in total. The number of carbonyl (C=O) groups is 7. The van der Waals surface area contributed by atoms with Crippen LogP contribution in [-0.2, 0) is 40.0 Å².